The van der Waals surface area contributed by atoms with E-state index in [1.807, 2.05) is 37.3 Å². The fourth-order valence-electron chi connectivity index (χ4n) is 2.00. The molecule has 5 nitrogen and oxygen atoms in total. The number of para-hydroxylation sites is 1. The van der Waals surface area contributed by atoms with Crippen LogP contribution in [0.1, 0.15) is 29.0 Å². The van der Waals surface area contributed by atoms with Crippen molar-refractivity contribution in [3.8, 4) is 0 Å². The molecule has 1 aromatic heterocycles. The van der Waals surface area contributed by atoms with Crippen LogP contribution >= 0.6 is 0 Å². The first-order chi connectivity index (χ1) is 9.76. The Bertz CT molecular complexity index is 623. The van der Waals surface area contributed by atoms with Gasteiger partial charge in [-0.2, -0.15) is 0 Å². The summed E-state index contributed by atoms with van der Waals surface area (Å²) in [5.41, 5.74) is 2.84. The summed E-state index contributed by atoms with van der Waals surface area (Å²) in [6, 6.07) is 10.1. The number of hydrogen-bond acceptors (Lipinski definition) is 5. The Labute approximate surface area is 117 Å². The Kier molecular flexibility index (Phi) is 3.33. The van der Waals surface area contributed by atoms with E-state index >= 15 is 0 Å². The Hall–Kier alpha value is -2.43. The second kappa shape index (κ2) is 5.28. The molecule has 2 N–H and O–H groups in total. The maximum atomic E-state index is 11.2. The van der Waals surface area contributed by atoms with Gasteiger partial charge in [-0.3, -0.25) is 4.79 Å². The number of hydrogen-bond donors (Lipinski definition) is 2. The first kappa shape index (κ1) is 12.6. The topological polar surface area (TPSA) is 66.9 Å². The monoisotopic (exact) mass is 268 g/mol. The van der Waals surface area contributed by atoms with Crippen LogP contribution in [0.4, 0.5) is 17.3 Å². The number of carbonyl (C=O) groups excluding carboxylic acids is 1. The van der Waals surface area contributed by atoms with Gasteiger partial charge in [0.15, 0.2) is 6.29 Å². The van der Waals surface area contributed by atoms with Crippen molar-refractivity contribution in [1.82, 2.24) is 9.97 Å². The molecule has 1 aliphatic rings. The third kappa shape index (κ3) is 2.77. The minimum Gasteiger partial charge on any atom is -0.379 e. The van der Waals surface area contributed by atoms with E-state index in [2.05, 4.69) is 20.6 Å². The van der Waals surface area contributed by atoms with Gasteiger partial charge in [-0.15, -0.1) is 0 Å². The molecule has 0 saturated heterocycles. The normalized spacial score (nSPS) is 13.8. The number of benzene rings is 1. The largest absolute Gasteiger partial charge is 0.379 e. The minimum absolute atomic E-state index is 0.405. The SMILES string of the molecule is Cc1nc(Nc2ccccc2)nc(C=O)c1NC1CC1. The number of aldehydes is 1. The van der Waals surface area contributed by atoms with Crippen LogP contribution in [0.2, 0.25) is 0 Å². The summed E-state index contributed by atoms with van der Waals surface area (Å²) in [6.07, 6.45) is 3.05. The maximum Gasteiger partial charge on any atom is 0.228 e. The van der Waals surface area contributed by atoms with Crippen molar-refractivity contribution in [3.63, 3.8) is 0 Å². The number of nitrogens with one attached hydrogen (secondary N) is 2. The highest BCUT2D eigenvalue weighted by molar-refractivity contribution is 5.83. The molecule has 0 unspecified atom stereocenters. The molecule has 0 aliphatic heterocycles. The van der Waals surface area contributed by atoms with Crippen LogP contribution in [0.5, 0.6) is 0 Å². The van der Waals surface area contributed by atoms with Gasteiger partial charge in [0.25, 0.3) is 0 Å². The van der Waals surface area contributed by atoms with Crippen LogP contribution in [-0.2, 0) is 0 Å². The molecule has 2 aromatic rings. The molecule has 0 bridgehead atoms. The lowest BCUT2D eigenvalue weighted by Crippen LogP contribution is -2.11. The van der Waals surface area contributed by atoms with E-state index in [0.29, 0.717) is 17.7 Å². The summed E-state index contributed by atoms with van der Waals surface area (Å²) in [4.78, 5) is 19.9. The Morgan fingerprint density at radius 1 is 1.20 bits per heavy atom. The molecule has 1 aromatic carbocycles. The number of carbonyl (C=O) groups is 1. The molecule has 1 saturated carbocycles. The molecular weight excluding hydrogens is 252 g/mol. The van der Waals surface area contributed by atoms with E-state index in [0.717, 1.165) is 36.2 Å². The first-order valence-electron chi connectivity index (χ1n) is 6.68. The summed E-state index contributed by atoms with van der Waals surface area (Å²) in [5.74, 6) is 0.442. The number of anilines is 3. The highest BCUT2D eigenvalue weighted by Gasteiger charge is 2.23. The van der Waals surface area contributed by atoms with E-state index in [4.69, 9.17) is 0 Å². The highest BCUT2D eigenvalue weighted by atomic mass is 16.1. The molecule has 0 spiro atoms. The van der Waals surface area contributed by atoms with Crippen LogP contribution in [0.3, 0.4) is 0 Å². The molecule has 0 atom stereocenters. The molecule has 0 radical (unpaired) electrons. The summed E-state index contributed by atoms with van der Waals surface area (Å²) in [6.45, 7) is 1.88. The van der Waals surface area contributed by atoms with E-state index in [1.54, 1.807) is 0 Å². The van der Waals surface area contributed by atoms with Crippen LogP contribution in [0.25, 0.3) is 0 Å². The van der Waals surface area contributed by atoms with Crippen molar-refractivity contribution in [2.24, 2.45) is 0 Å². The number of rotatable bonds is 5. The predicted molar refractivity (Wildman–Crippen MR) is 78.5 cm³/mol. The summed E-state index contributed by atoms with van der Waals surface area (Å²) < 4.78 is 0. The van der Waals surface area contributed by atoms with E-state index in [9.17, 15) is 4.79 Å². The zero-order valence-corrected chi connectivity index (χ0v) is 11.3. The van der Waals surface area contributed by atoms with Crippen molar-refractivity contribution < 1.29 is 4.79 Å². The quantitative estimate of drug-likeness (QED) is 0.816. The van der Waals surface area contributed by atoms with Gasteiger partial charge in [0.1, 0.15) is 5.69 Å². The van der Waals surface area contributed by atoms with Crippen molar-refractivity contribution in [1.29, 1.82) is 0 Å². The molecule has 3 rings (SSSR count). The van der Waals surface area contributed by atoms with Gasteiger partial charge >= 0.3 is 0 Å². The highest BCUT2D eigenvalue weighted by Crippen LogP contribution is 2.28. The maximum absolute atomic E-state index is 11.2. The average molecular weight is 268 g/mol. The van der Waals surface area contributed by atoms with Gasteiger partial charge < -0.3 is 10.6 Å². The summed E-state index contributed by atoms with van der Waals surface area (Å²) in [5, 5.41) is 6.42. The molecule has 1 aliphatic carbocycles. The first-order valence-corrected chi connectivity index (χ1v) is 6.68. The van der Waals surface area contributed by atoms with Gasteiger partial charge in [0, 0.05) is 11.7 Å². The third-order valence-corrected chi connectivity index (χ3v) is 3.19. The predicted octanol–water partition coefficient (Wildman–Crippen LogP) is 2.92. The fraction of sp³-hybridized carbons (Fsp3) is 0.267. The lowest BCUT2D eigenvalue weighted by Gasteiger charge is -2.12. The fourth-order valence-corrected chi connectivity index (χ4v) is 2.00. The molecule has 20 heavy (non-hydrogen) atoms. The summed E-state index contributed by atoms with van der Waals surface area (Å²) >= 11 is 0. The van der Waals surface area contributed by atoms with E-state index < -0.39 is 0 Å². The van der Waals surface area contributed by atoms with Crippen LogP contribution in [-0.4, -0.2) is 22.3 Å². The standard InChI is InChI=1S/C15H16N4O/c1-10-14(17-12-7-8-12)13(9-20)19-15(16-10)18-11-5-3-2-4-6-11/h2-6,9,12,17H,7-8H2,1H3,(H,16,18,19). The van der Waals surface area contributed by atoms with Gasteiger partial charge in [-0.1, -0.05) is 18.2 Å². The second-order valence-electron chi connectivity index (χ2n) is 4.92. The van der Waals surface area contributed by atoms with Crippen molar-refractivity contribution in [3.05, 3.63) is 41.7 Å². The van der Waals surface area contributed by atoms with Crippen molar-refractivity contribution in [2.45, 2.75) is 25.8 Å². The van der Waals surface area contributed by atoms with Gasteiger partial charge in [0.05, 0.1) is 11.4 Å². The van der Waals surface area contributed by atoms with Crippen LogP contribution in [0, 0.1) is 6.92 Å². The Morgan fingerprint density at radius 3 is 2.60 bits per heavy atom. The average Bonchev–Trinajstić information content (AvgIpc) is 3.26. The molecule has 102 valence electrons. The molecular formula is C15H16N4O. The number of aryl methyl sites for hydroxylation is 1. The van der Waals surface area contributed by atoms with Crippen LogP contribution in [0.15, 0.2) is 30.3 Å². The number of nitrogens with zero attached hydrogens (tertiary/aromatic N) is 2. The zero-order chi connectivity index (χ0) is 13.9. The lowest BCUT2D eigenvalue weighted by atomic mass is 10.2. The lowest BCUT2D eigenvalue weighted by molar-refractivity contribution is 0.111. The summed E-state index contributed by atoms with van der Waals surface area (Å²) in [7, 11) is 0. The molecule has 1 heterocycles. The molecule has 0 amide bonds. The minimum atomic E-state index is 0.405. The third-order valence-electron chi connectivity index (χ3n) is 3.19. The van der Waals surface area contributed by atoms with Gasteiger partial charge in [-0.25, -0.2) is 9.97 Å². The van der Waals surface area contributed by atoms with Crippen LogP contribution < -0.4 is 10.6 Å². The molecule has 5 heteroatoms. The second-order valence-corrected chi connectivity index (χ2v) is 4.92. The Morgan fingerprint density at radius 2 is 1.95 bits per heavy atom. The van der Waals surface area contributed by atoms with Crippen molar-refractivity contribution in [2.75, 3.05) is 10.6 Å². The van der Waals surface area contributed by atoms with Gasteiger partial charge in [0.2, 0.25) is 5.95 Å². The Balaban J connectivity index is 1.88. The zero-order valence-electron chi connectivity index (χ0n) is 11.3. The van der Waals surface area contributed by atoms with Gasteiger partial charge in [-0.05, 0) is 31.9 Å². The van der Waals surface area contributed by atoms with E-state index in [1.165, 1.54) is 0 Å². The van der Waals surface area contributed by atoms with E-state index in [-0.39, 0.29) is 0 Å². The van der Waals surface area contributed by atoms with Crippen molar-refractivity contribution >= 4 is 23.6 Å². The number of aromatic nitrogens is 2. The molecule has 1 fully saturated rings. The smallest absolute Gasteiger partial charge is 0.228 e.